The van der Waals surface area contributed by atoms with Crippen LogP contribution in [-0.2, 0) is 6.61 Å². The van der Waals surface area contributed by atoms with E-state index in [0.717, 1.165) is 11.4 Å². The number of methoxy groups -OCH3 is 1. The van der Waals surface area contributed by atoms with Gasteiger partial charge in [-0.2, -0.15) is 0 Å². The van der Waals surface area contributed by atoms with E-state index in [-0.39, 0.29) is 5.84 Å². The van der Waals surface area contributed by atoms with Gasteiger partial charge in [0.2, 0.25) is 0 Å². The number of amidine groups is 1. The van der Waals surface area contributed by atoms with Gasteiger partial charge in [0.05, 0.1) is 12.8 Å². The fourth-order valence-corrected chi connectivity index (χ4v) is 1.79. The number of aryl methyl sites for hydroxylation is 1. The quantitative estimate of drug-likeness (QED) is 0.645. The molecule has 0 saturated heterocycles. The molecule has 2 aromatic rings. The molecule has 1 aromatic heterocycles. The summed E-state index contributed by atoms with van der Waals surface area (Å²) in [6.07, 6.45) is 0. The molecule has 5 nitrogen and oxygen atoms in total. The number of ether oxygens (including phenoxy) is 2. The molecule has 0 amide bonds. The van der Waals surface area contributed by atoms with Crippen molar-refractivity contribution >= 4 is 5.84 Å². The fourth-order valence-electron chi connectivity index (χ4n) is 1.79. The molecule has 0 atom stereocenters. The minimum atomic E-state index is -0.00444. The summed E-state index contributed by atoms with van der Waals surface area (Å²) < 4.78 is 11.0. The van der Waals surface area contributed by atoms with Gasteiger partial charge in [0, 0.05) is 11.3 Å². The Kier molecular flexibility index (Phi) is 4.20. The van der Waals surface area contributed by atoms with Gasteiger partial charge in [0.15, 0.2) is 11.5 Å². The molecule has 104 valence electrons. The van der Waals surface area contributed by atoms with E-state index in [1.807, 2.05) is 25.1 Å². The van der Waals surface area contributed by atoms with Gasteiger partial charge in [0.25, 0.3) is 0 Å². The Morgan fingerprint density at radius 3 is 2.70 bits per heavy atom. The highest BCUT2D eigenvalue weighted by Crippen LogP contribution is 2.28. The minimum absolute atomic E-state index is 0.00444. The molecule has 0 bridgehead atoms. The second-order valence-electron chi connectivity index (χ2n) is 4.34. The normalized spacial score (nSPS) is 10.1. The number of hydrogen-bond donors (Lipinski definition) is 2. The first kappa shape index (κ1) is 13.9. The van der Waals surface area contributed by atoms with E-state index in [2.05, 4.69) is 4.98 Å². The number of nitrogen functional groups attached to an aromatic ring is 1. The van der Waals surface area contributed by atoms with Crippen molar-refractivity contribution in [1.82, 2.24) is 4.98 Å². The highest BCUT2D eigenvalue weighted by molar-refractivity contribution is 5.95. The van der Waals surface area contributed by atoms with Gasteiger partial charge in [-0.05, 0) is 37.3 Å². The van der Waals surface area contributed by atoms with Gasteiger partial charge >= 0.3 is 0 Å². The number of rotatable bonds is 5. The van der Waals surface area contributed by atoms with E-state index in [9.17, 15) is 0 Å². The molecule has 0 aliphatic heterocycles. The van der Waals surface area contributed by atoms with Crippen LogP contribution in [0.25, 0.3) is 0 Å². The Hall–Kier alpha value is -2.56. The maximum absolute atomic E-state index is 7.41. The lowest BCUT2D eigenvalue weighted by Crippen LogP contribution is -2.11. The SMILES string of the molecule is COc1cc(C(=N)N)ccc1OCc1cccc(C)n1. The summed E-state index contributed by atoms with van der Waals surface area (Å²) in [5.41, 5.74) is 7.84. The zero-order valence-corrected chi connectivity index (χ0v) is 11.5. The Labute approximate surface area is 117 Å². The predicted molar refractivity (Wildman–Crippen MR) is 77.3 cm³/mol. The number of nitrogens with zero attached hydrogens (tertiary/aromatic N) is 1. The molecule has 2 rings (SSSR count). The molecule has 0 aliphatic rings. The van der Waals surface area contributed by atoms with Crippen molar-refractivity contribution in [2.24, 2.45) is 5.73 Å². The molecular weight excluding hydrogens is 254 g/mol. The van der Waals surface area contributed by atoms with Crippen molar-refractivity contribution in [2.75, 3.05) is 7.11 Å². The van der Waals surface area contributed by atoms with Gasteiger partial charge in [-0.25, -0.2) is 0 Å². The van der Waals surface area contributed by atoms with Crippen LogP contribution in [0.4, 0.5) is 0 Å². The molecule has 1 heterocycles. The summed E-state index contributed by atoms with van der Waals surface area (Å²) in [6, 6.07) is 10.9. The van der Waals surface area contributed by atoms with Gasteiger partial charge in [-0.3, -0.25) is 10.4 Å². The van der Waals surface area contributed by atoms with E-state index >= 15 is 0 Å². The average Bonchev–Trinajstić information content (AvgIpc) is 2.45. The molecular formula is C15H17N3O2. The molecule has 3 N–H and O–H groups in total. The molecule has 20 heavy (non-hydrogen) atoms. The van der Waals surface area contributed by atoms with E-state index in [4.69, 9.17) is 20.6 Å². The highest BCUT2D eigenvalue weighted by atomic mass is 16.5. The van der Waals surface area contributed by atoms with E-state index in [0.29, 0.717) is 23.7 Å². The van der Waals surface area contributed by atoms with E-state index < -0.39 is 0 Å². The predicted octanol–water partition coefficient (Wildman–Crippen LogP) is 2.26. The molecule has 0 radical (unpaired) electrons. The molecule has 0 saturated carbocycles. The Bertz CT molecular complexity index is 626. The Morgan fingerprint density at radius 2 is 2.05 bits per heavy atom. The first-order valence-corrected chi connectivity index (χ1v) is 6.18. The van der Waals surface area contributed by atoms with Gasteiger partial charge in [-0.1, -0.05) is 6.07 Å². The molecule has 0 spiro atoms. The first-order chi connectivity index (χ1) is 9.60. The van der Waals surface area contributed by atoms with Crippen molar-refractivity contribution < 1.29 is 9.47 Å². The van der Waals surface area contributed by atoms with Crippen LogP contribution < -0.4 is 15.2 Å². The maximum atomic E-state index is 7.41. The summed E-state index contributed by atoms with van der Waals surface area (Å²) in [5, 5.41) is 7.41. The van der Waals surface area contributed by atoms with Crippen LogP contribution >= 0.6 is 0 Å². The van der Waals surface area contributed by atoms with Crippen LogP contribution in [0, 0.1) is 12.3 Å². The summed E-state index contributed by atoms with van der Waals surface area (Å²) >= 11 is 0. The largest absolute Gasteiger partial charge is 0.493 e. The third-order valence-electron chi connectivity index (χ3n) is 2.80. The van der Waals surface area contributed by atoms with Gasteiger partial charge in [0.1, 0.15) is 12.4 Å². The third-order valence-corrected chi connectivity index (χ3v) is 2.80. The second-order valence-corrected chi connectivity index (χ2v) is 4.34. The first-order valence-electron chi connectivity index (χ1n) is 6.18. The van der Waals surface area contributed by atoms with Crippen LogP contribution in [0.3, 0.4) is 0 Å². The average molecular weight is 271 g/mol. The summed E-state index contributed by atoms with van der Waals surface area (Å²) in [6.45, 7) is 2.29. The lowest BCUT2D eigenvalue weighted by atomic mass is 10.2. The summed E-state index contributed by atoms with van der Waals surface area (Å²) in [4.78, 5) is 4.37. The fraction of sp³-hybridized carbons (Fsp3) is 0.200. The number of pyridine rings is 1. The van der Waals surface area contributed by atoms with E-state index in [1.165, 1.54) is 0 Å². The van der Waals surface area contributed by atoms with Crippen molar-refractivity contribution in [2.45, 2.75) is 13.5 Å². The zero-order valence-electron chi connectivity index (χ0n) is 11.5. The van der Waals surface area contributed by atoms with Crippen LogP contribution in [-0.4, -0.2) is 17.9 Å². The van der Waals surface area contributed by atoms with Crippen LogP contribution in [0.5, 0.6) is 11.5 Å². The van der Waals surface area contributed by atoms with Crippen molar-refractivity contribution in [3.05, 3.63) is 53.3 Å². The lowest BCUT2D eigenvalue weighted by molar-refractivity contribution is 0.280. The standard InChI is InChI=1S/C15H17N3O2/c1-10-4-3-5-12(18-10)9-20-13-7-6-11(15(16)17)8-14(13)19-2/h3-8H,9H2,1-2H3,(H3,16,17). The minimum Gasteiger partial charge on any atom is -0.493 e. The van der Waals surface area contributed by atoms with E-state index in [1.54, 1.807) is 25.3 Å². The van der Waals surface area contributed by atoms with Crippen molar-refractivity contribution in [1.29, 1.82) is 5.41 Å². The van der Waals surface area contributed by atoms with Gasteiger partial charge < -0.3 is 15.2 Å². The summed E-state index contributed by atoms with van der Waals surface area (Å²) in [5.74, 6) is 1.14. The monoisotopic (exact) mass is 271 g/mol. The maximum Gasteiger partial charge on any atom is 0.161 e. The van der Waals surface area contributed by atoms with Crippen molar-refractivity contribution in [3.63, 3.8) is 0 Å². The number of benzene rings is 1. The third kappa shape index (κ3) is 3.26. The molecule has 0 unspecified atom stereocenters. The Morgan fingerprint density at radius 1 is 1.25 bits per heavy atom. The van der Waals surface area contributed by atoms with Crippen LogP contribution in [0.1, 0.15) is 17.0 Å². The van der Waals surface area contributed by atoms with Crippen LogP contribution in [0.2, 0.25) is 0 Å². The molecule has 1 aromatic carbocycles. The van der Waals surface area contributed by atoms with Crippen LogP contribution in [0.15, 0.2) is 36.4 Å². The molecule has 0 fully saturated rings. The summed E-state index contributed by atoms with van der Waals surface area (Å²) in [7, 11) is 1.55. The van der Waals surface area contributed by atoms with Gasteiger partial charge in [-0.15, -0.1) is 0 Å². The number of nitrogens with one attached hydrogen (secondary N) is 1. The topological polar surface area (TPSA) is 81.2 Å². The highest BCUT2D eigenvalue weighted by Gasteiger charge is 2.08. The van der Waals surface area contributed by atoms with Crippen molar-refractivity contribution in [3.8, 4) is 11.5 Å². The molecule has 0 aliphatic carbocycles. The zero-order chi connectivity index (χ0) is 14.5. The number of aromatic nitrogens is 1. The Balaban J connectivity index is 2.15. The smallest absolute Gasteiger partial charge is 0.161 e. The number of nitrogens with two attached hydrogens (primary N) is 1. The second kappa shape index (κ2) is 6.06. The molecule has 5 heteroatoms. The lowest BCUT2D eigenvalue weighted by Gasteiger charge is -2.11. The number of hydrogen-bond acceptors (Lipinski definition) is 4.